The number of carbonyl (C=O) groups excluding carboxylic acids is 2. The standard InChI is InChI=1S/C16H14F3N5O4S2/c1-21-8(7-5-30-15(20)22-7)11(25)23-9-12(26)24-10(14(27)28)6(4-29-13(9)24)2-3-16(17,18)19/h2-3,5,9,13H,4H2,1H3,(H2,20,22)(H,23,25)(H,27,28)/t9?,13-/m0/s1. The summed E-state index contributed by atoms with van der Waals surface area (Å²) in [4.78, 5) is 45.3. The van der Waals surface area contributed by atoms with Gasteiger partial charge >= 0.3 is 12.1 Å². The van der Waals surface area contributed by atoms with Crippen molar-refractivity contribution in [3.63, 3.8) is 0 Å². The van der Waals surface area contributed by atoms with Crippen molar-refractivity contribution in [2.75, 3.05) is 18.5 Å². The van der Waals surface area contributed by atoms with Crippen molar-refractivity contribution in [3.8, 4) is 0 Å². The van der Waals surface area contributed by atoms with Gasteiger partial charge in [-0.3, -0.25) is 19.5 Å². The lowest BCUT2D eigenvalue weighted by Crippen LogP contribution is -2.71. The van der Waals surface area contributed by atoms with Gasteiger partial charge in [0.15, 0.2) is 5.13 Å². The monoisotopic (exact) mass is 461 g/mol. The van der Waals surface area contributed by atoms with Crippen molar-refractivity contribution in [3.05, 3.63) is 34.5 Å². The Morgan fingerprint density at radius 2 is 2.17 bits per heavy atom. The van der Waals surface area contributed by atoms with E-state index in [0.717, 1.165) is 28.0 Å². The molecule has 0 bridgehead atoms. The van der Waals surface area contributed by atoms with E-state index < -0.39 is 41.1 Å². The summed E-state index contributed by atoms with van der Waals surface area (Å²) >= 11 is 2.14. The minimum Gasteiger partial charge on any atom is -0.477 e. The maximum Gasteiger partial charge on any atom is 0.409 e. The molecule has 1 aromatic rings. The van der Waals surface area contributed by atoms with Crippen molar-refractivity contribution < 1.29 is 32.7 Å². The Balaban J connectivity index is 1.79. The van der Waals surface area contributed by atoms with Crippen LogP contribution in [-0.4, -0.2) is 68.9 Å². The predicted octanol–water partition coefficient (Wildman–Crippen LogP) is 1.00. The van der Waals surface area contributed by atoms with Gasteiger partial charge in [-0.05, 0) is 5.57 Å². The first-order valence-electron chi connectivity index (χ1n) is 8.19. The number of amides is 2. The van der Waals surface area contributed by atoms with Gasteiger partial charge in [-0.1, -0.05) is 6.08 Å². The van der Waals surface area contributed by atoms with Crippen LogP contribution in [0, 0.1) is 0 Å². The minimum atomic E-state index is -4.62. The molecule has 1 aromatic heterocycles. The molecule has 2 aliphatic heterocycles. The molecule has 160 valence electrons. The van der Waals surface area contributed by atoms with Gasteiger partial charge in [-0.15, -0.1) is 23.1 Å². The van der Waals surface area contributed by atoms with Gasteiger partial charge < -0.3 is 16.2 Å². The molecular formula is C16H14F3N5O4S2. The smallest absolute Gasteiger partial charge is 0.409 e. The van der Waals surface area contributed by atoms with Crippen LogP contribution in [0.2, 0.25) is 0 Å². The largest absolute Gasteiger partial charge is 0.477 e. The molecule has 3 heterocycles. The highest BCUT2D eigenvalue weighted by Crippen LogP contribution is 2.41. The maximum absolute atomic E-state index is 12.5. The number of aromatic nitrogens is 1. The number of fused-ring (bicyclic) bond motifs is 1. The van der Waals surface area contributed by atoms with Crippen LogP contribution in [0.3, 0.4) is 0 Å². The Bertz CT molecular complexity index is 1000. The summed E-state index contributed by atoms with van der Waals surface area (Å²) < 4.78 is 37.3. The first-order valence-corrected chi connectivity index (χ1v) is 10.1. The molecule has 9 nitrogen and oxygen atoms in total. The van der Waals surface area contributed by atoms with Crippen molar-refractivity contribution in [2.45, 2.75) is 17.6 Å². The van der Waals surface area contributed by atoms with E-state index >= 15 is 0 Å². The van der Waals surface area contributed by atoms with Crippen LogP contribution < -0.4 is 11.1 Å². The zero-order chi connectivity index (χ0) is 22.2. The zero-order valence-electron chi connectivity index (χ0n) is 15.1. The number of nitrogens with two attached hydrogens (primary N) is 1. The number of thioether (sulfide) groups is 1. The Labute approximate surface area is 175 Å². The third-order valence-corrected chi connectivity index (χ3v) is 6.14. The van der Waals surface area contributed by atoms with Gasteiger partial charge in [0, 0.05) is 24.3 Å². The molecule has 0 radical (unpaired) electrons. The third kappa shape index (κ3) is 4.18. The number of aliphatic imine (C=N–C) groups is 1. The topological polar surface area (TPSA) is 138 Å². The number of nitrogens with zero attached hydrogens (tertiary/aromatic N) is 3. The van der Waals surface area contributed by atoms with E-state index in [1.807, 2.05) is 0 Å². The van der Waals surface area contributed by atoms with Gasteiger partial charge in [-0.2, -0.15) is 13.2 Å². The highest BCUT2D eigenvalue weighted by molar-refractivity contribution is 8.00. The number of nitrogen functional groups attached to an aromatic ring is 1. The second-order valence-electron chi connectivity index (χ2n) is 6.06. The number of allylic oxidation sites excluding steroid dienone is 2. The van der Waals surface area contributed by atoms with Crippen LogP contribution in [-0.2, 0) is 14.4 Å². The number of nitrogens with one attached hydrogen (secondary N) is 1. The molecule has 1 unspecified atom stereocenters. The molecule has 2 aliphatic rings. The summed E-state index contributed by atoms with van der Waals surface area (Å²) in [6.45, 7) is 0. The number of halogens is 3. The second-order valence-corrected chi connectivity index (χ2v) is 8.05. The highest BCUT2D eigenvalue weighted by atomic mass is 32.2. The van der Waals surface area contributed by atoms with Gasteiger partial charge in [0.1, 0.15) is 28.5 Å². The molecular weight excluding hydrogens is 447 g/mol. The van der Waals surface area contributed by atoms with Crippen LogP contribution in [0.1, 0.15) is 5.69 Å². The summed E-state index contributed by atoms with van der Waals surface area (Å²) in [5, 5.41) is 12.9. The van der Waals surface area contributed by atoms with Crippen LogP contribution >= 0.6 is 23.1 Å². The molecule has 2 amide bonds. The molecule has 0 aromatic carbocycles. The lowest BCUT2D eigenvalue weighted by Gasteiger charge is -2.49. The fourth-order valence-electron chi connectivity index (χ4n) is 2.90. The Kier molecular flexibility index (Phi) is 5.90. The number of rotatable bonds is 5. The summed E-state index contributed by atoms with van der Waals surface area (Å²) in [6.07, 6.45) is -4.07. The van der Waals surface area contributed by atoms with Crippen LogP contribution in [0.25, 0.3) is 0 Å². The average molecular weight is 461 g/mol. The van der Waals surface area contributed by atoms with Gasteiger partial charge in [0.25, 0.3) is 11.8 Å². The normalized spacial score (nSPS) is 22.2. The number of thiazole rings is 1. The second kappa shape index (κ2) is 8.10. The highest BCUT2D eigenvalue weighted by Gasteiger charge is 2.54. The molecule has 30 heavy (non-hydrogen) atoms. The van der Waals surface area contributed by atoms with E-state index in [1.54, 1.807) is 0 Å². The quantitative estimate of drug-likeness (QED) is 0.439. The third-order valence-electron chi connectivity index (χ3n) is 4.16. The number of hydrogen-bond acceptors (Lipinski definition) is 8. The van der Waals surface area contributed by atoms with Gasteiger partial charge in [0.05, 0.1) is 0 Å². The maximum atomic E-state index is 12.5. The molecule has 1 fully saturated rings. The van der Waals surface area contributed by atoms with Gasteiger partial charge in [0.2, 0.25) is 0 Å². The van der Waals surface area contributed by atoms with E-state index in [0.29, 0.717) is 6.08 Å². The van der Waals surface area contributed by atoms with Crippen molar-refractivity contribution in [1.82, 2.24) is 15.2 Å². The van der Waals surface area contributed by atoms with Crippen molar-refractivity contribution >= 4 is 51.7 Å². The van der Waals surface area contributed by atoms with Crippen molar-refractivity contribution in [2.24, 2.45) is 4.99 Å². The summed E-state index contributed by atoms with van der Waals surface area (Å²) in [6, 6.07) is -1.06. The zero-order valence-corrected chi connectivity index (χ0v) is 16.8. The van der Waals surface area contributed by atoms with E-state index in [2.05, 4.69) is 15.3 Å². The molecule has 0 spiro atoms. The molecule has 1 saturated heterocycles. The lowest BCUT2D eigenvalue weighted by atomic mass is 10.0. The number of carboxylic acid groups (broad SMARTS) is 1. The average Bonchev–Trinajstić information content (AvgIpc) is 3.09. The minimum absolute atomic E-state index is 0.0576. The Morgan fingerprint density at radius 1 is 1.47 bits per heavy atom. The first kappa shape index (κ1) is 21.8. The summed E-state index contributed by atoms with van der Waals surface area (Å²) in [5.74, 6) is -3.06. The number of hydrogen-bond donors (Lipinski definition) is 3. The van der Waals surface area contributed by atoms with Crippen LogP contribution in [0.4, 0.5) is 18.3 Å². The predicted molar refractivity (Wildman–Crippen MR) is 104 cm³/mol. The number of anilines is 1. The lowest BCUT2D eigenvalue weighted by molar-refractivity contribution is -0.150. The number of β-lactam (4-membered cyclic amide) rings is 1. The van der Waals surface area contributed by atoms with Crippen LogP contribution in [0.15, 0.2) is 33.8 Å². The molecule has 3 rings (SSSR count). The number of aliphatic carboxylic acids is 1. The summed E-state index contributed by atoms with van der Waals surface area (Å²) in [5.41, 5.74) is 5.03. The molecule has 14 heteroatoms. The molecule has 0 aliphatic carbocycles. The van der Waals surface area contributed by atoms with Gasteiger partial charge in [-0.25, -0.2) is 9.78 Å². The number of carboxylic acids is 1. The summed E-state index contributed by atoms with van der Waals surface area (Å²) in [7, 11) is 1.36. The first-order chi connectivity index (χ1) is 14.0. The fourth-order valence-corrected chi connectivity index (χ4v) is 4.77. The molecule has 4 N–H and O–H groups in total. The molecule has 2 atom stereocenters. The van der Waals surface area contributed by atoms with E-state index in [4.69, 9.17) is 5.73 Å². The van der Waals surface area contributed by atoms with E-state index in [1.165, 1.54) is 12.4 Å². The fraction of sp³-hybridized carbons (Fsp3) is 0.312. The van der Waals surface area contributed by atoms with E-state index in [9.17, 15) is 32.7 Å². The van der Waals surface area contributed by atoms with Crippen LogP contribution in [0.5, 0.6) is 0 Å². The van der Waals surface area contributed by atoms with Crippen molar-refractivity contribution in [1.29, 1.82) is 0 Å². The Hall–Kier alpha value is -2.87. The number of carbonyl (C=O) groups is 3. The number of alkyl halides is 3. The molecule has 0 saturated carbocycles. The Morgan fingerprint density at radius 3 is 2.70 bits per heavy atom. The SMILES string of the molecule is CN=C(C(=O)NC1C(=O)N2C(C(=O)O)=C(C=CC(F)(F)F)CS[C@@H]12)c1csc(N)n1. The van der Waals surface area contributed by atoms with E-state index in [-0.39, 0.29) is 33.9 Å².